The maximum Gasteiger partial charge on any atom is 0.338 e. The first-order valence-electron chi connectivity index (χ1n) is 10.0. The van der Waals surface area contributed by atoms with Gasteiger partial charge in [-0.3, -0.25) is 4.79 Å². The second kappa shape index (κ2) is 11.1. The number of ether oxygens (including phenoxy) is 1. The third kappa shape index (κ3) is 5.93. The molecular formula is C26H21BrN2O3. The Bertz CT molecular complexity index is 1190. The Labute approximate surface area is 195 Å². The van der Waals surface area contributed by atoms with Crippen LogP contribution in [0.2, 0.25) is 0 Å². The Morgan fingerprint density at radius 1 is 1.00 bits per heavy atom. The molecule has 0 spiro atoms. The van der Waals surface area contributed by atoms with Crippen molar-refractivity contribution in [2.24, 2.45) is 0 Å². The summed E-state index contributed by atoms with van der Waals surface area (Å²) < 4.78 is 5.95. The van der Waals surface area contributed by atoms with Crippen molar-refractivity contribution >= 4 is 39.6 Å². The van der Waals surface area contributed by atoms with Crippen molar-refractivity contribution in [2.75, 3.05) is 11.9 Å². The maximum atomic E-state index is 12.7. The first-order valence-corrected chi connectivity index (χ1v) is 10.8. The largest absolute Gasteiger partial charge is 0.462 e. The van der Waals surface area contributed by atoms with Gasteiger partial charge in [0.1, 0.15) is 11.6 Å². The summed E-state index contributed by atoms with van der Waals surface area (Å²) in [6.45, 7) is 2.02. The summed E-state index contributed by atoms with van der Waals surface area (Å²) >= 11 is 3.56. The fourth-order valence-electron chi connectivity index (χ4n) is 3.09. The lowest BCUT2D eigenvalue weighted by molar-refractivity contribution is -0.112. The molecule has 1 N–H and O–H groups in total. The zero-order valence-corrected chi connectivity index (χ0v) is 19.1. The van der Waals surface area contributed by atoms with E-state index in [4.69, 9.17) is 4.74 Å². The van der Waals surface area contributed by atoms with E-state index in [1.54, 1.807) is 37.3 Å². The van der Waals surface area contributed by atoms with Gasteiger partial charge < -0.3 is 10.1 Å². The molecule has 1 amide bonds. The van der Waals surface area contributed by atoms with Crippen molar-refractivity contribution in [3.8, 4) is 6.07 Å². The van der Waals surface area contributed by atoms with Gasteiger partial charge in [-0.15, -0.1) is 0 Å². The van der Waals surface area contributed by atoms with Gasteiger partial charge in [-0.1, -0.05) is 58.4 Å². The van der Waals surface area contributed by atoms with E-state index >= 15 is 0 Å². The molecule has 0 heterocycles. The van der Waals surface area contributed by atoms with Gasteiger partial charge in [0.05, 0.1) is 12.2 Å². The zero-order chi connectivity index (χ0) is 22.9. The van der Waals surface area contributed by atoms with E-state index in [0.29, 0.717) is 17.7 Å². The Kier molecular flexibility index (Phi) is 7.96. The highest BCUT2D eigenvalue weighted by Crippen LogP contribution is 2.23. The predicted octanol–water partition coefficient (Wildman–Crippen LogP) is 5.76. The number of amides is 1. The Morgan fingerprint density at radius 2 is 1.66 bits per heavy atom. The monoisotopic (exact) mass is 488 g/mol. The molecule has 0 atom stereocenters. The van der Waals surface area contributed by atoms with Crippen LogP contribution < -0.4 is 5.32 Å². The number of carbonyl (C=O) groups excluding carboxylic acids is 2. The molecule has 3 aromatic carbocycles. The van der Waals surface area contributed by atoms with Gasteiger partial charge in [0.25, 0.3) is 5.91 Å². The van der Waals surface area contributed by atoms with Crippen LogP contribution in [0.4, 0.5) is 5.69 Å². The highest BCUT2D eigenvalue weighted by atomic mass is 79.9. The Balaban J connectivity index is 1.79. The van der Waals surface area contributed by atoms with E-state index < -0.39 is 11.9 Å². The number of halogens is 1. The Morgan fingerprint density at radius 3 is 2.31 bits per heavy atom. The van der Waals surface area contributed by atoms with E-state index in [1.165, 1.54) is 0 Å². The van der Waals surface area contributed by atoms with E-state index in [1.807, 2.05) is 54.6 Å². The SMILES string of the molecule is CCOC(=O)c1ccc(NC(=O)/C(C#N)=C/c2ccccc2Cc2ccccc2Br)cc1. The molecule has 0 unspecified atom stereocenters. The lowest BCUT2D eigenvalue weighted by Gasteiger charge is -2.09. The summed E-state index contributed by atoms with van der Waals surface area (Å²) in [5.41, 5.74) is 3.76. The minimum absolute atomic E-state index is 0.0148. The molecule has 0 radical (unpaired) electrons. The fraction of sp³-hybridized carbons (Fsp3) is 0.115. The van der Waals surface area contributed by atoms with Crippen LogP contribution in [0.5, 0.6) is 0 Å². The molecule has 0 aliphatic heterocycles. The van der Waals surface area contributed by atoms with Gasteiger partial charge >= 0.3 is 5.97 Å². The molecule has 3 aromatic rings. The molecule has 3 rings (SSSR count). The summed E-state index contributed by atoms with van der Waals surface area (Å²) in [5.74, 6) is -0.947. The fourth-order valence-corrected chi connectivity index (χ4v) is 3.51. The van der Waals surface area contributed by atoms with Gasteiger partial charge in [0.2, 0.25) is 0 Å². The molecule has 0 saturated heterocycles. The van der Waals surface area contributed by atoms with Crippen molar-refractivity contribution in [3.05, 3.63) is 105 Å². The number of carbonyl (C=O) groups is 2. The number of rotatable bonds is 7. The molecule has 0 aliphatic carbocycles. The normalized spacial score (nSPS) is 10.8. The van der Waals surface area contributed by atoms with Gasteiger partial charge in [-0.05, 0) is 66.4 Å². The summed E-state index contributed by atoms with van der Waals surface area (Å²) in [5, 5.41) is 12.3. The topological polar surface area (TPSA) is 79.2 Å². The van der Waals surface area contributed by atoms with Gasteiger partial charge in [0.15, 0.2) is 0 Å². The van der Waals surface area contributed by atoms with Crippen molar-refractivity contribution < 1.29 is 14.3 Å². The number of anilines is 1. The second-order valence-electron chi connectivity index (χ2n) is 6.89. The third-order valence-corrected chi connectivity index (χ3v) is 5.49. The molecule has 0 aliphatic rings. The zero-order valence-electron chi connectivity index (χ0n) is 17.5. The molecule has 0 saturated carbocycles. The lowest BCUT2D eigenvalue weighted by Crippen LogP contribution is -2.14. The summed E-state index contributed by atoms with van der Waals surface area (Å²) in [6.07, 6.45) is 2.25. The molecule has 0 aromatic heterocycles. The van der Waals surface area contributed by atoms with Crippen molar-refractivity contribution in [3.63, 3.8) is 0 Å². The van der Waals surface area contributed by atoms with E-state index in [9.17, 15) is 14.9 Å². The number of nitriles is 1. The third-order valence-electron chi connectivity index (χ3n) is 4.71. The quantitative estimate of drug-likeness (QED) is 0.260. The summed E-state index contributed by atoms with van der Waals surface area (Å²) in [7, 11) is 0. The second-order valence-corrected chi connectivity index (χ2v) is 7.74. The number of nitrogens with one attached hydrogen (secondary N) is 1. The number of hydrogen-bond donors (Lipinski definition) is 1. The molecule has 0 fully saturated rings. The van der Waals surface area contributed by atoms with Gasteiger partial charge in [-0.25, -0.2) is 4.79 Å². The highest BCUT2D eigenvalue weighted by molar-refractivity contribution is 9.10. The Hall–Kier alpha value is -3.69. The van der Waals surface area contributed by atoms with Crippen LogP contribution in [0.15, 0.2) is 82.8 Å². The lowest BCUT2D eigenvalue weighted by atomic mass is 9.98. The standard InChI is InChI=1S/C26H21BrN2O3/c1-2-32-26(31)18-11-13-23(14-12-18)29-25(30)22(17-28)16-20-8-4-3-7-19(20)15-21-9-5-6-10-24(21)27/h3-14,16H,2,15H2,1H3,(H,29,30)/b22-16+. The van der Waals surface area contributed by atoms with Crippen LogP contribution in [-0.2, 0) is 16.0 Å². The smallest absolute Gasteiger partial charge is 0.338 e. The first-order chi connectivity index (χ1) is 15.5. The van der Waals surface area contributed by atoms with Crippen LogP contribution in [0.25, 0.3) is 6.08 Å². The number of benzene rings is 3. The molecular weight excluding hydrogens is 468 g/mol. The molecule has 160 valence electrons. The van der Waals surface area contributed by atoms with Crippen LogP contribution in [0.1, 0.15) is 34.0 Å². The first kappa shape index (κ1) is 23.0. The summed E-state index contributed by atoms with van der Waals surface area (Å²) in [6, 6.07) is 23.9. The minimum Gasteiger partial charge on any atom is -0.462 e. The highest BCUT2D eigenvalue weighted by Gasteiger charge is 2.13. The molecule has 5 nitrogen and oxygen atoms in total. The van der Waals surface area contributed by atoms with Crippen LogP contribution >= 0.6 is 15.9 Å². The number of nitrogens with zero attached hydrogens (tertiary/aromatic N) is 1. The van der Waals surface area contributed by atoms with Crippen molar-refractivity contribution in [2.45, 2.75) is 13.3 Å². The molecule has 32 heavy (non-hydrogen) atoms. The number of hydrogen-bond acceptors (Lipinski definition) is 4. The number of esters is 1. The van der Waals surface area contributed by atoms with Crippen LogP contribution in [0.3, 0.4) is 0 Å². The predicted molar refractivity (Wildman–Crippen MR) is 128 cm³/mol. The van der Waals surface area contributed by atoms with Crippen molar-refractivity contribution in [1.82, 2.24) is 0 Å². The average molecular weight is 489 g/mol. The molecule has 0 bridgehead atoms. The summed E-state index contributed by atoms with van der Waals surface area (Å²) in [4.78, 5) is 24.4. The van der Waals surface area contributed by atoms with Gasteiger partial charge in [-0.2, -0.15) is 5.26 Å². The van der Waals surface area contributed by atoms with Crippen LogP contribution in [-0.4, -0.2) is 18.5 Å². The molecule has 6 heteroatoms. The van der Waals surface area contributed by atoms with E-state index in [0.717, 1.165) is 21.2 Å². The van der Waals surface area contributed by atoms with E-state index in [2.05, 4.69) is 21.2 Å². The maximum absolute atomic E-state index is 12.7. The van der Waals surface area contributed by atoms with Crippen LogP contribution in [0, 0.1) is 11.3 Å². The minimum atomic E-state index is -0.521. The van der Waals surface area contributed by atoms with E-state index in [-0.39, 0.29) is 12.2 Å². The average Bonchev–Trinajstić information content (AvgIpc) is 2.80. The van der Waals surface area contributed by atoms with Crippen molar-refractivity contribution in [1.29, 1.82) is 5.26 Å². The van der Waals surface area contributed by atoms with Gasteiger partial charge in [0, 0.05) is 10.2 Å².